The molecule has 1 fully saturated rings. The van der Waals surface area contributed by atoms with Gasteiger partial charge in [0.05, 0.1) is 10.6 Å². The number of piperazine rings is 1. The second-order valence-corrected chi connectivity index (χ2v) is 12.6. The smallest absolute Gasteiger partial charge is 0.380 e. The van der Waals surface area contributed by atoms with Crippen molar-refractivity contribution in [3.05, 3.63) is 48.5 Å². The van der Waals surface area contributed by atoms with Crippen LogP contribution >= 0.6 is 11.8 Å². The van der Waals surface area contributed by atoms with E-state index in [-0.39, 0.29) is 5.69 Å². The first kappa shape index (κ1) is 27.7. The molecule has 0 spiro atoms. The number of primary sulfonamides is 1. The Morgan fingerprint density at radius 3 is 2.31 bits per heavy atom. The normalized spacial score (nSPS) is 16.7. The van der Waals surface area contributed by atoms with Crippen LogP contribution in [0.5, 0.6) is 0 Å². The number of nitrogens with zero attached hydrogens (tertiary/aromatic N) is 1. The van der Waals surface area contributed by atoms with E-state index in [1.54, 1.807) is 0 Å². The zero-order valence-electron chi connectivity index (χ0n) is 18.7. The van der Waals surface area contributed by atoms with Crippen molar-refractivity contribution in [1.82, 2.24) is 10.2 Å². The highest BCUT2D eigenvalue weighted by Gasteiger charge is 2.48. The second kappa shape index (κ2) is 11.5. The molecule has 35 heavy (non-hydrogen) atoms. The van der Waals surface area contributed by atoms with Gasteiger partial charge in [0.2, 0.25) is 10.0 Å². The van der Waals surface area contributed by atoms with E-state index >= 15 is 0 Å². The van der Waals surface area contributed by atoms with E-state index in [9.17, 15) is 30.0 Å². The molecule has 1 aliphatic heterocycles. The van der Waals surface area contributed by atoms with Crippen LogP contribution in [0, 0.1) is 0 Å². The number of nitrogens with two attached hydrogens (primary N) is 1. The molecule has 4 N–H and O–H groups in total. The Balaban J connectivity index is 1.91. The number of halogens is 3. The standard InChI is InChI=1S/C21H27F3N4O4S3/c22-21(23,24)34(29,30)20-14-18(35(25,31)32)6-7-19(20)27-16(8-11-28-12-9-26-10-13-28)15-33-17-4-2-1-3-5-17/h1-7,14,16,26-27H,8-13,15H2,(H2,25,31,32)/t16-/m1/s1. The molecule has 1 heterocycles. The Kier molecular flexibility index (Phi) is 9.10. The summed E-state index contributed by atoms with van der Waals surface area (Å²) in [6, 6.07) is 11.5. The third-order valence-corrected chi connectivity index (χ3v) is 9.05. The van der Waals surface area contributed by atoms with Crippen LogP contribution in [0.3, 0.4) is 0 Å². The van der Waals surface area contributed by atoms with E-state index in [0.717, 1.165) is 43.2 Å². The maximum absolute atomic E-state index is 13.4. The van der Waals surface area contributed by atoms with Crippen molar-refractivity contribution in [2.75, 3.05) is 43.8 Å². The molecule has 1 aliphatic rings. The molecule has 14 heteroatoms. The summed E-state index contributed by atoms with van der Waals surface area (Å²) in [5.41, 5.74) is -5.94. The molecule has 1 saturated heterocycles. The molecular weight excluding hydrogens is 525 g/mol. The number of rotatable bonds is 10. The van der Waals surface area contributed by atoms with Gasteiger partial charge in [-0.2, -0.15) is 13.2 Å². The van der Waals surface area contributed by atoms with Crippen molar-refractivity contribution >= 4 is 37.3 Å². The summed E-state index contributed by atoms with van der Waals surface area (Å²) in [7, 11) is -10.3. The van der Waals surface area contributed by atoms with E-state index < -0.39 is 41.2 Å². The number of anilines is 1. The Morgan fingerprint density at radius 2 is 1.71 bits per heavy atom. The van der Waals surface area contributed by atoms with E-state index in [4.69, 9.17) is 5.14 Å². The van der Waals surface area contributed by atoms with Gasteiger partial charge in [-0.05, 0) is 36.8 Å². The molecule has 0 amide bonds. The lowest BCUT2D eigenvalue weighted by atomic mass is 10.2. The molecule has 8 nitrogen and oxygen atoms in total. The number of nitrogens with one attached hydrogen (secondary N) is 2. The summed E-state index contributed by atoms with van der Waals surface area (Å²) in [5, 5.41) is 11.2. The van der Waals surface area contributed by atoms with Gasteiger partial charge in [-0.3, -0.25) is 0 Å². The Hall–Kier alpha value is -1.84. The molecule has 0 aliphatic carbocycles. The fraction of sp³-hybridized carbons (Fsp3) is 0.429. The fourth-order valence-corrected chi connectivity index (χ4v) is 6.11. The van der Waals surface area contributed by atoms with Gasteiger partial charge in [0.15, 0.2) is 0 Å². The van der Waals surface area contributed by atoms with Gasteiger partial charge in [-0.25, -0.2) is 22.0 Å². The van der Waals surface area contributed by atoms with Crippen LogP contribution in [0.2, 0.25) is 0 Å². The summed E-state index contributed by atoms with van der Waals surface area (Å²) >= 11 is 1.48. The SMILES string of the molecule is NS(=O)(=O)c1ccc(N[C@H](CCN2CCNCC2)CSc2ccccc2)c(S(=O)(=O)C(F)(F)F)c1. The average Bonchev–Trinajstić information content (AvgIpc) is 2.81. The van der Waals surface area contributed by atoms with Gasteiger partial charge in [0, 0.05) is 49.4 Å². The van der Waals surface area contributed by atoms with E-state index in [1.165, 1.54) is 11.8 Å². The minimum absolute atomic E-state index is 0.325. The van der Waals surface area contributed by atoms with E-state index in [2.05, 4.69) is 15.5 Å². The van der Waals surface area contributed by atoms with E-state index in [1.807, 2.05) is 30.3 Å². The molecule has 0 bridgehead atoms. The van der Waals surface area contributed by atoms with Gasteiger partial charge in [-0.15, -0.1) is 11.8 Å². The maximum Gasteiger partial charge on any atom is 0.501 e. The fourth-order valence-electron chi connectivity index (χ4n) is 3.55. The first-order valence-electron chi connectivity index (χ1n) is 10.7. The topological polar surface area (TPSA) is 122 Å². The van der Waals surface area contributed by atoms with Crippen LogP contribution < -0.4 is 15.8 Å². The first-order valence-corrected chi connectivity index (χ1v) is 14.7. The molecule has 3 rings (SSSR count). The van der Waals surface area contributed by atoms with Crippen LogP contribution in [0.15, 0.2) is 63.2 Å². The van der Waals surface area contributed by atoms with Crippen LogP contribution in [-0.4, -0.2) is 71.8 Å². The van der Waals surface area contributed by atoms with Crippen molar-refractivity contribution < 1.29 is 30.0 Å². The summed E-state index contributed by atoms with van der Waals surface area (Å²) < 4.78 is 88.2. The highest BCUT2D eigenvalue weighted by Crippen LogP contribution is 2.36. The third-order valence-electron chi connectivity index (χ3n) is 5.43. The van der Waals surface area contributed by atoms with Crippen LogP contribution in [0.25, 0.3) is 0 Å². The van der Waals surface area contributed by atoms with Gasteiger partial charge in [0.25, 0.3) is 9.84 Å². The van der Waals surface area contributed by atoms with Crippen LogP contribution in [0.1, 0.15) is 6.42 Å². The molecule has 0 unspecified atom stereocenters. The lowest BCUT2D eigenvalue weighted by Gasteiger charge is -2.29. The van der Waals surface area contributed by atoms with Crippen LogP contribution in [-0.2, 0) is 19.9 Å². The second-order valence-electron chi connectivity index (χ2n) is 8.00. The zero-order chi connectivity index (χ0) is 25.7. The molecule has 0 aromatic heterocycles. The summed E-state index contributed by atoms with van der Waals surface area (Å²) in [6.45, 7) is 3.98. The third kappa shape index (κ3) is 7.57. The molecular formula is C21H27F3N4O4S3. The van der Waals surface area contributed by atoms with E-state index in [0.29, 0.717) is 24.8 Å². The molecule has 2 aromatic carbocycles. The molecule has 1 atom stereocenters. The number of alkyl halides is 3. The average molecular weight is 553 g/mol. The predicted octanol–water partition coefficient (Wildman–Crippen LogP) is 2.50. The number of sulfonamides is 1. The number of thioether (sulfide) groups is 1. The lowest BCUT2D eigenvalue weighted by Crippen LogP contribution is -2.44. The Labute approximate surface area is 207 Å². The largest absolute Gasteiger partial charge is 0.501 e. The first-order chi connectivity index (χ1) is 16.4. The summed E-state index contributed by atoms with van der Waals surface area (Å²) in [6.07, 6.45) is 0.530. The molecule has 194 valence electrons. The maximum atomic E-state index is 13.4. The van der Waals surface area contributed by atoms with Crippen LogP contribution in [0.4, 0.5) is 18.9 Å². The van der Waals surface area contributed by atoms with Crippen molar-refractivity contribution in [2.24, 2.45) is 5.14 Å². The number of hydrogen-bond donors (Lipinski definition) is 3. The number of sulfone groups is 1. The molecule has 0 radical (unpaired) electrons. The van der Waals surface area contributed by atoms with Gasteiger partial charge >= 0.3 is 5.51 Å². The van der Waals surface area contributed by atoms with Crippen molar-refractivity contribution in [3.63, 3.8) is 0 Å². The van der Waals surface area contributed by atoms with Crippen molar-refractivity contribution in [2.45, 2.75) is 32.7 Å². The zero-order valence-corrected chi connectivity index (χ0v) is 21.1. The molecule has 0 saturated carbocycles. The van der Waals surface area contributed by atoms with Crippen molar-refractivity contribution in [3.8, 4) is 0 Å². The monoisotopic (exact) mass is 552 g/mol. The minimum atomic E-state index is -5.85. The quantitative estimate of drug-likeness (QED) is 0.385. The highest BCUT2D eigenvalue weighted by atomic mass is 32.2. The number of benzene rings is 2. The summed E-state index contributed by atoms with van der Waals surface area (Å²) in [4.78, 5) is 1.28. The van der Waals surface area contributed by atoms with Gasteiger partial charge < -0.3 is 15.5 Å². The highest BCUT2D eigenvalue weighted by molar-refractivity contribution is 7.99. The van der Waals surface area contributed by atoms with Crippen molar-refractivity contribution in [1.29, 1.82) is 0 Å². The van der Waals surface area contributed by atoms with Gasteiger partial charge in [-0.1, -0.05) is 18.2 Å². The summed E-state index contributed by atoms with van der Waals surface area (Å²) in [5.74, 6) is 0.443. The number of hydrogen-bond acceptors (Lipinski definition) is 8. The van der Waals surface area contributed by atoms with Gasteiger partial charge in [0.1, 0.15) is 4.90 Å². The predicted molar refractivity (Wildman–Crippen MR) is 130 cm³/mol. The Bertz CT molecular complexity index is 1200. The minimum Gasteiger partial charge on any atom is -0.380 e. The molecule has 2 aromatic rings. The lowest BCUT2D eigenvalue weighted by molar-refractivity contribution is -0.0435. The Morgan fingerprint density at radius 1 is 1.06 bits per heavy atom.